The summed E-state index contributed by atoms with van der Waals surface area (Å²) < 4.78 is 5.25. The van der Waals surface area contributed by atoms with E-state index in [1.807, 2.05) is 13.8 Å². The van der Waals surface area contributed by atoms with Crippen LogP contribution in [0.15, 0.2) is 0 Å². The fourth-order valence-corrected chi connectivity index (χ4v) is 3.03. The molecule has 25 heavy (non-hydrogen) atoms. The van der Waals surface area contributed by atoms with Crippen LogP contribution in [0.2, 0.25) is 0 Å². The van der Waals surface area contributed by atoms with Crippen molar-refractivity contribution in [2.45, 2.75) is 104 Å². The fraction of sp³-hybridized carbons (Fsp3) is 0.905. The molecule has 0 rings (SSSR count). The molecule has 0 aliphatic rings. The molecule has 0 amide bonds. The molecule has 148 valence electrons. The molecule has 4 heteroatoms. The van der Waals surface area contributed by atoms with Crippen molar-refractivity contribution in [3.8, 4) is 0 Å². The Morgan fingerprint density at radius 2 is 1.40 bits per heavy atom. The number of ketones is 1. The number of carbonyl (C=O) groups is 2. The zero-order valence-corrected chi connectivity index (χ0v) is 17.1. The van der Waals surface area contributed by atoms with Gasteiger partial charge in [-0.3, -0.25) is 9.59 Å². The fourth-order valence-electron chi connectivity index (χ4n) is 3.03. The second kappa shape index (κ2) is 16.6. The summed E-state index contributed by atoms with van der Waals surface area (Å²) >= 11 is 0. The average Bonchev–Trinajstić information content (AvgIpc) is 2.55. The van der Waals surface area contributed by atoms with Crippen molar-refractivity contribution in [2.75, 3.05) is 13.2 Å². The first-order valence-corrected chi connectivity index (χ1v) is 10.4. The number of rotatable bonds is 17. The number of hydrogen-bond donors (Lipinski definition) is 1. The SMILES string of the molecule is CCCCCCCCCCCCOC(=O)CCNC(C(C)=O)C(C)C. The lowest BCUT2D eigenvalue weighted by Gasteiger charge is -2.19. The number of esters is 1. The van der Waals surface area contributed by atoms with Crippen molar-refractivity contribution in [3.63, 3.8) is 0 Å². The summed E-state index contributed by atoms with van der Waals surface area (Å²) in [5, 5.41) is 3.14. The Morgan fingerprint density at radius 3 is 1.88 bits per heavy atom. The van der Waals surface area contributed by atoms with Gasteiger partial charge >= 0.3 is 5.97 Å². The molecular weight excluding hydrogens is 314 g/mol. The maximum Gasteiger partial charge on any atom is 0.307 e. The van der Waals surface area contributed by atoms with Crippen LogP contribution in [0.5, 0.6) is 0 Å². The van der Waals surface area contributed by atoms with E-state index < -0.39 is 0 Å². The monoisotopic (exact) mass is 355 g/mol. The first-order valence-electron chi connectivity index (χ1n) is 10.4. The van der Waals surface area contributed by atoms with Crippen molar-refractivity contribution in [1.82, 2.24) is 5.32 Å². The van der Waals surface area contributed by atoms with Gasteiger partial charge in [-0.2, -0.15) is 0 Å². The molecule has 0 heterocycles. The van der Waals surface area contributed by atoms with Crippen LogP contribution in [0.4, 0.5) is 0 Å². The first kappa shape index (κ1) is 24.1. The Bertz CT molecular complexity index is 342. The highest BCUT2D eigenvalue weighted by Gasteiger charge is 2.17. The van der Waals surface area contributed by atoms with Crippen LogP contribution in [0.3, 0.4) is 0 Å². The number of nitrogens with one attached hydrogen (secondary N) is 1. The first-order chi connectivity index (χ1) is 12.0. The molecule has 0 bridgehead atoms. The molecule has 4 nitrogen and oxygen atoms in total. The quantitative estimate of drug-likeness (QED) is 0.293. The lowest BCUT2D eigenvalue weighted by atomic mass is 10.0. The molecule has 0 fully saturated rings. The minimum absolute atomic E-state index is 0.119. The minimum atomic E-state index is -0.172. The maximum absolute atomic E-state index is 11.7. The third-order valence-electron chi connectivity index (χ3n) is 4.56. The Labute approximate surface area is 155 Å². The van der Waals surface area contributed by atoms with Crippen LogP contribution in [0.1, 0.15) is 98.3 Å². The predicted octanol–water partition coefficient (Wildman–Crippen LogP) is 5.04. The zero-order valence-electron chi connectivity index (χ0n) is 17.1. The molecule has 1 N–H and O–H groups in total. The van der Waals surface area contributed by atoms with Gasteiger partial charge in [0, 0.05) is 6.54 Å². The van der Waals surface area contributed by atoms with Crippen LogP contribution in [0.25, 0.3) is 0 Å². The van der Waals surface area contributed by atoms with E-state index in [2.05, 4.69) is 12.2 Å². The predicted molar refractivity (Wildman–Crippen MR) is 105 cm³/mol. The van der Waals surface area contributed by atoms with Crippen LogP contribution >= 0.6 is 0 Å². The van der Waals surface area contributed by atoms with Crippen molar-refractivity contribution >= 4 is 11.8 Å². The van der Waals surface area contributed by atoms with Gasteiger partial charge in [0.1, 0.15) is 5.78 Å². The van der Waals surface area contributed by atoms with E-state index in [0.29, 0.717) is 19.6 Å². The van der Waals surface area contributed by atoms with Crippen LogP contribution in [-0.4, -0.2) is 30.9 Å². The van der Waals surface area contributed by atoms with E-state index in [-0.39, 0.29) is 23.7 Å². The van der Waals surface area contributed by atoms with Crippen LogP contribution in [0, 0.1) is 5.92 Å². The van der Waals surface area contributed by atoms with E-state index in [0.717, 1.165) is 12.8 Å². The molecule has 1 unspecified atom stereocenters. The van der Waals surface area contributed by atoms with Gasteiger partial charge < -0.3 is 10.1 Å². The number of carbonyl (C=O) groups excluding carboxylic acids is 2. The Hall–Kier alpha value is -0.900. The molecule has 0 aromatic rings. The van der Waals surface area contributed by atoms with E-state index in [4.69, 9.17) is 4.74 Å². The Morgan fingerprint density at radius 1 is 0.880 bits per heavy atom. The summed E-state index contributed by atoms with van der Waals surface area (Å²) in [4.78, 5) is 23.1. The number of unbranched alkanes of at least 4 members (excludes halogenated alkanes) is 9. The van der Waals surface area contributed by atoms with Gasteiger partial charge in [0.2, 0.25) is 0 Å². The third kappa shape index (κ3) is 15.1. The molecule has 0 aliphatic heterocycles. The number of ether oxygens (including phenoxy) is 1. The Kier molecular flexibility index (Phi) is 16.0. The van der Waals surface area contributed by atoms with E-state index >= 15 is 0 Å². The summed E-state index contributed by atoms with van der Waals surface area (Å²) in [6, 6.07) is -0.172. The minimum Gasteiger partial charge on any atom is -0.466 e. The molecule has 0 spiro atoms. The van der Waals surface area contributed by atoms with Gasteiger partial charge in [-0.15, -0.1) is 0 Å². The zero-order chi connectivity index (χ0) is 18.9. The van der Waals surface area contributed by atoms with Crippen LogP contribution < -0.4 is 5.32 Å². The Balaban J connectivity index is 3.43. The summed E-state index contributed by atoms with van der Waals surface area (Å²) in [7, 11) is 0. The second-order valence-corrected chi connectivity index (χ2v) is 7.44. The van der Waals surface area contributed by atoms with Gasteiger partial charge in [-0.05, 0) is 19.3 Å². The van der Waals surface area contributed by atoms with Crippen molar-refractivity contribution in [1.29, 1.82) is 0 Å². The molecular formula is C21H41NO3. The topological polar surface area (TPSA) is 55.4 Å². The normalized spacial score (nSPS) is 12.4. The summed E-state index contributed by atoms with van der Waals surface area (Å²) in [6.07, 6.45) is 13.1. The molecule has 0 aliphatic carbocycles. The molecule has 0 aromatic carbocycles. The van der Waals surface area contributed by atoms with Gasteiger partial charge in [-0.1, -0.05) is 78.6 Å². The van der Waals surface area contributed by atoms with Crippen molar-refractivity contribution < 1.29 is 14.3 Å². The lowest BCUT2D eigenvalue weighted by Crippen LogP contribution is -2.40. The largest absolute Gasteiger partial charge is 0.466 e. The van der Waals surface area contributed by atoms with E-state index in [1.54, 1.807) is 6.92 Å². The molecule has 0 saturated carbocycles. The molecule has 0 radical (unpaired) electrons. The highest BCUT2D eigenvalue weighted by molar-refractivity contribution is 5.81. The molecule has 1 atom stereocenters. The lowest BCUT2D eigenvalue weighted by molar-refractivity contribution is -0.143. The average molecular weight is 356 g/mol. The van der Waals surface area contributed by atoms with Gasteiger partial charge in [0.05, 0.1) is 19.1 Å². The highest BCUT2D eigenvalue weighted by Crippen LogP contribution is 2.10. The van der Waals surface area contributed by atoms with E-state index in [1.165, 1.54) is 51.4 Å². The van der Waals surface area contributed by atoms with Gasteiger partial charge in [-0.25, -0.2) is 0 Å². The maximum atomic E-state index is 11.7. The summed E-state index contributed by atoms with van der Waals surface area (Å²) in [5.41, 5.74) is 0. The number of hydrogen-bond acceptors (Lipinski definition) is 4. The highest BCUT2D eigenvalue weighted by atomic mass is 16.5. The standard InChI is InChI=1S/C21H41NO3/c1-5-6-7-8-9-10-11-12-13-14-17-25-20(24)15-16-22-21(18(2)3)19(4)23/h18,21-22H,5-17H2,1-4H3. The number of Topliss-reactive ketones (excluding diaryl/α,β-unsaturated/α-hetero) is 1. The van der Waals surface area contributed by atoms with Crippen molar-refractivity contribution in [3.05, 3.63) is 0 Å². The summed E-state index contributed by atoms with van der Waals surface area (Å²) in [6.45, 7) is 8.86. The van der Waals surface area contributed by atoms with Crippen molar-refractivity contribution in [2.24, 2.45) is 5.92 Å². The van der Waals surface area contributed by atoms with E-state index in [9.17, 15) is 9.59 Å². The molecule has 0 saturated heterocycles. The van der Waals surface area contributed by atoms with Crippen LogP contribution in [-0.2, 0) is 14.3 Å². The molecule has 0 aromatic heterocycles. The third-order valence-corrected chi connectivity index (χ3v) is 4.56. The summed E-state index contributed by atoms with van der Waals surface area (Å²) in [5.74, 6) is 0.184. The van der Waals surface area contributed by atoms with Gasteiger partial charge in [0.15, 0.2) is 0 Å². The van der Waals surface area contributed by atoms with Gasteiger partial charge in [0.25, 0.3) is 0 Å². The smallest absolute Gasteiger partial charge is 0.307 e. The second-order valence-electron chi connectivity index (χ2n) is 7.44.